The van der Waals surface area contributed by atoms with Crippen LogP contribution in [0.1, 0.15) is 96.8 Å². The number of hydrogen-bond donors (Lipinski definition) is 1. The van der Waals surface area contributed by atoms with Crippen LogP contribution in [-0.2, 0) is 0 Å². The third-order valence-corrected chi connectivity index (χ3v) is 4.39. The Hall–Kier alpha value is -1.74. The molecule has 0 radical (unpaired) electrons. The minimum Gasteiger partial charge on any atom is -0.391 e. The predicted molar refractivity (Wildman–Crippen MR) is 107 cm³/mol. The van der Waals surface area contributed by atoms with Gasteiger partial charge in [-0.05, 0) is 24.8 Å². The Balaban J connectivity index is 3.20. The molecular formula is C22H37N3. The number of nitrogens with zero attached hydrogens (tertiary/aromatic N) is 2. The van der Waals surface area contributed by atoms with Crippen molar-refractivity contribution in [1.29, 1.82) is 10.5 Å². The smallest absolute Gasteiger partial charge is 0.129 e. The van der Waals surface area contributed by atoms with Gasteiger partial charge in [0.15, 0.2) is 0 Å². The number of hydrogen-bond acceptors (Lipinski definition) is 3. The summed E-state index contributed by atoms with van der Waals surface area (Å²) in [5, 5.41) is 20.3. The van der Waals surface area contributed by atoms with E-state index in [1.165, 1.54) is 96.0 Å². The highest BCUT2D eigenvalue weighted by molar-refractivity contribution is 5.37. The number of nitrogens with one attached hydrogen (secondary N) is 1. The van der Waals surface area contributed by atoms with E-state index in [4.69, 9.17) is 10.5 Å². The SMILES string of the molecule is CCCCCCCCCCCCCCCCNC=CC=C(C#N)C#N. The van der Waals surface area contributed by atoms with E-state index >= 15 is 0 Å². The monoisotopic (exact) mass is 343 g/mol. The van der Waals surface area contributed by atoms with Crippen LogP contribution < -0.4 is 5.32 Å². The lowest BCUT2D eigenvalue weighted by molar-refractivity contribution is 0.534. The molecule has 0 aromatic heterocycles. The minimum atomic E-state index is 0.134. The quantitative estimate of drug-likeness (QED) is 0.185. The zero-order valence-electron chi connectivity index (χ0n) is 16.2. The van der Waals surface area contributed by atoms with Gasteiger partial charge in [-0.15, -0.1) is 0 Å². The van der Waals surface area contributed by atoms with Crippen LogP contribution in [0.3, 0.4) is 0 Å². The minimum absolute atomic E-state index is 0.134. The lowest BCUT2D eigenvalue weighted by atomic mass is 10.0. The summed E-state index contributed by atoms with van der Waals surface area (Å²) in [6.07, 6.45) is 24.3. The Bertz CT molecular complexity index is 408. The molecule has 0 saturated heterocycles. The summed E-state index contributed by atoms with van der Waals surface area (Å²) in [4.78, 5) is 0. The highest BCUT2D eigenvalue weighted by Gasteiger charge is 1.94. The van der Waals surface area contributed by atoms with E-state index in [0.29, 0.717) is 0 Å². The molecule has 0 heterocycles. The van der Waals surface area contributed by atoms with Crippen molar-refractivity contribution < 1.29 is 0 Å². The van der Waals surface area contributed by atoms with Gasteiger partial charge in [0.1, 0.15) is 17.7 Å². The molecule has 0 spiro atoms. The van der Waals surface area contributed by atoms with E-state index in [1.54, 1.807) is 12.3 Å². The maximum Gasteiger partial charge on any atom is 0.129 e. The van der Waals surface area contributed by atoms with Gasteiger partial charge >= 0.3 is 0 Å². The summed E-state index contributed by atoms with van der Waals surface area (Å²) in [6.45, 7) is 3.23. The van der Waals surface area contributed by atoms with E-state index in [2.05, 4.69) is 12.2 Å². The first-order valence-corrected chi connectivity index (χ1v) is 10.3. The molecule has 3 heteroatoms. The predicted octanol–water partition coefficient (Wildman–Crippen LogP) is 6.54. The average Bonchev–Trinajstić information content (AvgIpc) is 2.64. The molecule has 0 aliphatic heterocycles. The van der Waals surface area contributed by atoms with Gasteiger partial charge in [-0.3, -0.25) is 0 Å². The van der Waals surface area contributed by atoms with Gasteiger partial charge in [-0.1, -0.05) is 90.4 Å². The van der Waals surface area contributed by atoms with Crippen LogP contribution >= 0.6 is 0 Å². The van der Waals surface area contributed by atoms with Crippen molar-refractivity contribution in [1.82, 2.24) is 5.32 Å². The molecule has 140 valence electrons. The molecule has 0 aromatic rings. The van der Waals surface area contributed by atoms with Crippen LogP contribution in [0.5, 0.6) is 0 Å². The molecule has 0 bridgehead atoms. The molecule has 1 N–H and O–H groups in total. The number of allylic oxidation sites excluding steroid dienone is 3. The van der Waals surface area contributed by atoms with Crippen molar-refractivity contribution in [3.05, 3.63) is 23.9 Å². The number of nitriles is 2. The van der Waals surface area contributed by atoms with Crippen molar-refractivity contribution in [2.75, 3.05) is 6.54 Å². The van der Waals surface area contributed by atoms with Gasteiger partial charge < -0.3 is 5.32 Å². The molecule has 0 fully saturated rings. The average molecular weight is 344 g/mol. The van der Waals surface area contributed by atoms with Gasteiger partial charge in [0.2, 0.25) is 0 Å². The van der Waals surface area contributed by atoms with Gasteiger partial charge in [0, 0.05) is 6.54 Å². The van der Waals surface area contributed by atoms with Gasteiger partial charge in [0.05, 0.1) is 0 Å². The van der Waals surface area contributed by atoms with Crippen LogP contribution in [0.25, 0.3) is 0 Å². The first-order chi connectivity index (χ1) is 12.3. The first-order valence-electron chi connectivity index (χ1n) is 10.3. The van der Waals surface area contributed by atoms with E-state index in [1.807, 2.05) is 12.1 Å². The zero-order valence-corrected chi connectivity index (χ0v) is 16.2. The highest BCUT2D eigenvalue weighted by atomic mass is 14.8. The Labute approximate surface area is 155 Å². The van der Waals surface area contributed by atoms with E-state index in [-0.39, 0.29) is 5.57 Å². The lowest BCUT2D eigenvalue weighted by Gasteiger charge is -2.03. The molecule has 0 saturated carbocycles. The molecule has 0 atom stereocenters. The molecule has 0 amide bonds. The Morgan fingerprint density at radius 2 is 1.16 bits per heavy atom. The molecule has 0 aliphatic rings. The van der Waals surface area contributed by atoms with Crippen LogP contribution in [0, 0.1) is 22.7 Å². The van der Waals surface area contributed by atoms with Crippen LogP contribution in [0.15, 0.2) is 23.9 Å². The van der Waals surface area contributed by atoms with E-state index in [0.717, 1.165) is 6.54 Å². The second-order valence-corrected chi connectivity index (χ2v) is 6.71. The fourth-order valence-electron chi connectivity index (χ4n) is 2.82. The molecular weight excluding hydrogens is 306 g/mol. The summed E-state index contributed by atoms with van der Waals surface area (Å²) < 4.78 is 0. The molecule has 0 aromatic carbocycles. The Kier molecular flexibility index (Phi) is 18.9. The topological polar surface area (TPSA) is 59.6 Å². The van der Waals surface area contributed by atoms with Crippen molar-refractivity contribution in [2.45, 2.75) is 96.8 Å². The fourth-order valence-corrected chi connectivity index (χ4v) is 2.82. The molecule has 0 aliphatic carbocycles. The summed E-state index contributed by atoms with van der Waals surface area (Å²) in [5.74, 6) is 0. The van der Waals surface area contributed by atoms with Crippen LogP contribution in [0.4, 0.5) is 0 Å². The Morgan fingerprint density at radius 1 is 0.720 bits per heavy atom. The fraction of sp³-hybridized carbons (Fsp3) is 0.727. The van der Waals surface area contributed by atoms with Crippen LogP contribution in [0.2, 0.25) is 0 Å². The van der Waals surface area contributed by atoms with Crippen molar-refractivity contribution >= 4 is 0 Å². The summed E-state index contributed by atoms with van der Waals surface area (Å²) in [6, 6.07) is 3.66. The first kappa shape index (κ1) is 23.3. The lowest BCUT2D eigenvalue weighted by Crippen LogP contribution is -2.06. The molecule has 0 unspecified atom stereocenters. The van der Waals surface area contributed by atoms with E-state index in [9.17, 15) is 0 Å². The molecule has 3 nitrogen and oxygen atoms in total. The Morgan fingerprint density at radius 3 is 1.60 bits per heavy atom. The summed E-state index contributed by atoms with van der Waals surface area (Å²) >= 11 is 0. The van der Waals surface area contributed by atoms with Gasteiger partial charge in [-0.25, -0.2) is 0 Å². The third kappa shape index (κ3) is 18.4. The second kappa shape index (κ2) is 20.3. The number of unbranched alkanes of at least 4 members (excludes halogenated alkanes) is 13. The zero-order chi connectivity index (χ0) is 18.4. The second-order valence-electron chi connectivity index (χ2n) is 6.71. The maximum atomic E-state index is 8.57. The van der Waals surface area contributed by atoms with Crippen LogP contribution in [-0.4, -0.2) is 6.54 Å². The highest BCUT2D eigenvalue weighted by Crippen LogP contribution is 2.12. The van der Waals surface area contributed by atoms with Crippen molar-refractivity contribution in [2.24, 2.45) is 0 Å². The standard InChI is InChI=1S/C22H37N3/c1-2-3-4-5-6-7-8-9-10-11-12-13-14-15-18-25-19-16-17-22(20-23)21-24/h16-17,19,25H,2-15,18H2,1H3. The maximum absolute atomic E-state index is 8.57. The molecule has 0 rings (SSSR count). The van der Waals surface area contributed by atoms with Crippen molar-refractivity contribution in [3.8, 4) is 12.1 Å². The third-order valence-electron chi connectivity index (χ3n) is 4.39. The summed E-state index contributed by atoms with van der Waals surface area (Å²) in [5.41, 5.74) is 0.134. The number of rotatable bonds is 17. The summed E-state index contributed by atoms with van der Waals surface area (Å²) in [7, 11) is 0. The van der Waals surface area contributed by atoms with Crippen molar-refractivity contribution in [3.63, 3.8) is 0 Å². The van der Waals surface area contributed by atoms with E-state index < -0.39 is 0 Å². The normalized spacial score (nSPS) is 10.4. The van der Waals surface area contributed by atoms with Gasteiger partial charge in [0.25, 0.3) is 0 Å². The van der Waals surface area contributed by atoms with Gasteiger partial charge in [-0.2, -0.15) is 10.5 Å². The molecule has 25 heavy (non-hydrogen) atoms. The largest absolute Gasteiger partial charge is 0.391 e.